The van der Waals surface area contributed by atoms with Gasteiger partial charge in [0.25, 0.3) is 6.43 Å². The molecule has 2 heterocycles. The minimum Gasteiger partial charge on any atom is -0.435 e. The number of halogens is 5. The molecule has 1 N–H and O–H groups in total. The maximum Gasteiger partial charge on any atom is 0.387 e. The van der Waals surface area contributed by atoms with E-state index in [9.17, 15) is 22.4 Å². The van der Waals surface area contributed by atoms with Crippen LogP contribution in [0.2, 0.25) is 5.02 Å². The van der Waals surface area contributed by atoms with Crippen LogP contribution in [0.3, 0.4) is 0 Å². The normalized spacial score (nSPS) is 11.6. The van der Waals surface area contributed by atoms with Crippen LogP contribution in [0.1, 0.15) is 17.8 Å². The molecule has 0 unspecified atom stereocenters. The molecule has 0 fully saturated rings. The van der Waals surface area contributed by atoms with Crippen molar-refractivity contribution < 1.29 is 27.1 Å². The van der Waals surface area contributed by atoms with Crippen LogP contribution < -0.4 is 10.1 Å². The van der Waals surface area contributed by atoms with Crippen LogP contribution in [0.5, 0.6) is 5.75 Å². The molecular weight excluding hydrogens is 412 g/mol. The van der Waals surface area contributed by atoms with Crippen LogP contribution >= 0.6 is 22.9 Å². The van der Waals surface area contributed by atoms with Crippen molar-refractivity contribution >= 4 is 44.2 Å². The van der Waals surface area contributed by atoms with Gasteiger partial charge in [-0.05, 0) is 25.1 Å². The Kier molecular flexibility index (Phi) is 5.51. The first-order chi connectivity index (χ1) is 12.7. The molecule has 0 spiro atoms. The highest BCUT2D eigenvalue weighted by Crippen LogP contribution is 2.30. The highest BCUT2D eigenvalue weighted by Gasteiger charge is 2.21. The number of thiazole rings is 1. The fourth-order valence-electron chi connectivity index (χ4n) is 2.27. The number of carbonyl (C=O) groups excluding carboxylic acids is 1. The summed E-state index contributed by atoms with van der Waals surface area (Å²) in [5.41, 5.74) is 0.129. The molecule has 0 saturated heterocycles. The molecule has 3 aromatic rings. The summed E-state index contributed by atoms with van der Waals surface area (Å²) in [6.07, 6.45) is -2.85. The first kappa shape index (κ1) is 19.4. The van der Waals surface area contributed by atoms with E-state index in [1.54, 1.807) is 0 Å². The third-order valence-electron chi connectivity index (χ3n) is 3.49. The third-order valence-corrected chi connectivity index (χ3v) is 4.89. The summed E-state index contributed by atoms with van der Waals surface area (Å²) in [7, 11) is 0. The number of ether oxygens (including phenoxy) is 1. The molecule has 0 aliphatic heterocycles. The van der Waals surface area contributed by atoms with Crippen LogP contribution in [0, 0.1) is 6.92 Å². The SMILES string of the molecule is Cc1c(Cl)c(C(F)F)nn1CC(=O)Nc1nc2ccc(OC(F)F)cc2s1. The van der Waals surface area contributed by atoms with Crippen molar-refractivity contribution in [2.45, 2.75) is 26.5 Å². The minimum atomic E-state index is -2.95. The molecule has 6 nitrogen and oxygen atoms in total. The maximum atomic E-state index is 12.8. The number of hydrogen-bond acceptors (Lipinski definition) is 5. The summed E-state index contributed by atoms with van der Waals surface area (Å²) >= 11 is 6.84. The van der Waals surface area contributed by atoms with Crippen LogP contribution in [-0.4, -0.2) is 27.3 Å². The lowest BCUT2D eigenvalue weighted by Crippen LogP contribution is -2.20. The minimum absolute atomic E-state index is 0.0274. The van der Waals surface area contributed by atoms with E-state index in [4.69, 9.17) is 11.6 Å². The second kappa shape index (κ2) is 7.69. The number of nitrogens with one attached hydrogen (secondary N) is 1. The molecule has 3 rings (SSSR count). The molecular formula is C15H11ClF4N4O2S. The van der Waals surface area contributed by atoms with Crippen molar-refractivity contribution in [1.29, 1.82) is 0 Å². The number of anilines is 1. The molecule has 0 bridgehead atoms. The van der Waals surface area contributed by atoms with E-state index in [0.29, 0.717) is 10.2 Å². The Labute approximate surface area is 158 Å². The van der Waals surface area contributed by atoms with E-state index in [2.05, 4.69) is 20.1 Å². The first-order valence-electron chi connectivity index (χ1n) is 7.40. The molecule has 1 aromatic carbocycles. The zero-order valence-corrected chi connectivity index (χ0v) is 15.1. The second-order valence-corrected chi connectivity index (χ2v) is 6.73. The number of nitrogens with zero attached hydrogens (tertiary/aromatic N) is 3. The van der Waals surface area contributed by atoms with Crippen molar-refractivity contribution in [1.82, 2.24) is 14.8 Å². The Morgan fingerprint density at radius 1 is 1.37 bits per heavy atom. The maximum absolute atomic E-state index is 12.8. The summed E-state index contributed by atoms with van der Waals surface area (Å²) in [4.78, 5) is 16.3. The van der Waals surface area contributed by atoms with Crippen molar-refractivity contribution in [3.05, 3.63) is 34.6 Å². The number of fused-ring (bicyclic) bond motifs is 1. The van der Waals surface area contributed by atoms with Crippen molar-refractivity contribution in [3.8, 4) is 5.75 Å². The summed E-state index contributed by atoms with van der Waals surface area (Å²) in [5.74, 6) is -0.582. The highest BCUT2D eigenvalue weighted by molar-refractivity contribution is 7.22. The molecule has 0 radical (unpaired) electrons. The van der Waals surface area contributed by atoms with Crippen LogP contribution in [0.25, 0.3) is 10.2 Å². The summed E-state index contributed by atoms with van der Waals surface area (Å²) < 4.78 is 56.1. The van der Waals surface area contributed by atoms with Gasteiger partial charge in [0.2, 0.25) is 5.91 Å². The van der Waals surface area contributed by atoms with Crippen LogP contribution in [-0.2, 0) is 11.3 Å². The molecule has 12 heteroatoms. The fourth-order valence-corrected chi connectivity index (χ4v) is 3.40. The Hall–Kier alpha value is -2.40. The van der Waals surface area contributed by atoms with Gasteiger partial charge in [0, 0.05) is 0 Å². The number of aromatic nitrogens is 3. The zero-order chi connectivity index (χ0) is 19.7. The van der Waals surface area contributed by atoms with Gasteiger partial charge in [0.05, 0.1) is 20.9 Å². The van der Waals surface area contributed by atoms with Gasteiger partial charge in [-0.25, -0.2) is 13.8 Å². The molecule has 0 aliphatic rings. The number of amides is 1. The number of alkyl halides is 4. The molecule has 27 heavy (non-hydrogen) atoms. The Bertz CT molecular complexity index is 992. The molecule has 0 atom stereocenters. The second-order valence-electron chi connectivity index (χ2n) is 5.32. The smallest absolute Gasteiger partial charge is 0.387 e. The monoisotopic (exact) mass is 422 g/mol. The molecule has 0 aliphatic carbocycles. The average Bonchev–Trinajstić information content (AvgIpc) is 3.09. The topological polar surface area (TPSA) is 69.0 Å². The van der Waals surface area contributed by atoms with E-state index < -0.39 is 24.6 Å². The lowest BCUT2D eigenvalue weighted by atomic mass is 10.3. The number of benzene rings is 1. The number of carbonyl (C=O) groups is 1. The van der Waals surface area contributed by atoms with Crippen LogP contribution in [0.15, 0.2) is 18.2 Å². The predicted octanol–water partition coefficient (Wildman–Crippen LogP) is 4.63. The lowest BCUT2D eigenvalue weighted by molar-refractivity contribution is -0.117. The quantitative estimate of drug-likeness (QED) is 0.588. The van der Waals surface area contributed by atoms with Gasteiger partial charge in [0.1, 0.15) is 18.0 Å². The van der Waals surface area contributed by atoms with E-state index in [-0.39, 0.29) is 28.1 Å². The Morgan fingerprint density at radius 3 is 2.74 bits per heavy atom. The van der Waals surface area contributed by atoms with Gasteiger partial charge in [-0.1, -0.05) is 22.9 Å². The Morgan fingerprint density at radius 2 is 2.11 bits per heavy atom. The standard InChI is InChI=1S/C15H11ClF4N4O2S/c1-6-11(16)12(13(17)18)23-24(6)5-10(25)22-15-21-8-3-2-7(26-14(19)20)4-9(8)27-15/h2-4,13-14H,5H2,1H3,(H,21,22,25). The fraction of sp³-hybridized carbons (Fsp3) is 0.267. The number of rotatable bonds is 6. The molecule has 0 saturated carbocycles. The number of hydrogen-bond donors (Lipinski definition) is 1. The van der Waals surface area contributed by atoms with Gasteiger partial charge in [0.15, 0.2) is 5.13 Å². The average molecular weight is 423 g/mol. The molecule has 2 aromatic heterocycles. The van der Waals surface area contributed by atoms with E-state index in [1.165, 1.54) is 25.1 Å². The summed E-state index contributed by atoms with van der Waals surface area (Å²) in [6.45, 7) is -1.82. The van der Waals surface area contributed by atoms with Crippen molar-refractivity contribution in [3.63, 3.8) is 0 Å². The molecule has 144 valence electrons. The van der Waals surface area contributed by atoms with Gasteiger partial charge < -0.3 is 10.1 Å². The zero-order valence-electron chi connectivity index (χ0n) is 13.6. The van der Waals surface area contributed by atoms with Gasteiger partial charge >= 0.3 is 6.61 Å². The largest absolute Gasteiger partial charge is 0.435 e. The van der Waals surface area contributed by atoms with E-state index in [0.717, 1.165) is 16.0 Å². The van der Waals surface area contributed by atoms with Crippen molar-refractivity contribution in [2.24, 2.45) is 0 Å². The third kappa shape index (κ3) is 4.30. The van der Waals surface area contributed by atoms with E-state index in [1.807, 2.05) is 0 Å². The van der Waals surface area contributed by atoms with Gasteiger partial charge in [-0.2, -0.15) is 13.9 Å². The summed E-state index contributed by atoms with van der Waals surface area (Å²) in [6, 6.07) is 4.19. The van der Waals surface area contributed by atoms with Gasteiger partial charge in [-0.3, -0.25) is 9.48 Å². The lowest BCUT2D eigenvalue weighted by Gasteiger charge is -2.04. The van der Waals surface area contributed by atoms with Crippen LogP contribution in [0.4, 0.5) is 22.7 Å². The summed E-state index contributed by atoms with van der Waals surface area (Å²) in [5, 5.41) is 6.18. The molecule has 1 amide bonds. The van der Waals surface area contributed by atoms with E-state index >= 15 is 0 Å². The van der Waals surface area contributed by atoms with Crippen molar-refractivity contribution in [2.75, 3.05) is 5.32 Å². The Balaban J connectivity index is 1.73. The predicted molar refractivity (Wildman–Crippen MR) is 91.8 cm³/mol. The van der Waals surface area contributed by atoms with Gasteiger partial charge in [-0.15, -0.1) is 0 Å². The highest BCUT2D eigenvalue weighted by atomic mass is 35.5. The first-order valence-corrected chi connectivity index (χ1v) is 8.60.